The van der Waals surface area contributed by atoms with Crippen LogP contribution in [0.5, 0.6) is 23.3 Å². The van der Waals surface area contributed by atoms with Crippen molar-refractivity contribution in [1.29, 1.82) is 0 Å². The summed E-state index contributed by atoms with van der Waals surface area (Å²) in [6.45, 7) is 14.2. The molecule has 2 atom stereocenters. The number of benzene rings is 2. The van der Waals surface area contributed by atoms with Crippen LogP contribution in [0.15, 0.2) is 107 Å². The van der Waals surface area contributed by atoms with Gasteiger partial charge in [0.2, 0.25) is 11.8 Å². The van der Waals surface area contributed by atoms with Gasteiger partial charge in [-0.25, -0.2) is 45.6 Å². The summed E-state index contributed by atoms with van der Waals surface area (Å²) in [6.07, 6.45) is -3.31. The minimum atomic E-state index is -4.26. The number of alkyl halides is 6. The first kappa shape index (κ1) is 86.6. The van der Waals surface area contributed by atoms with Gasteiger partial charge in [-0.15, -0.1) is 22.6 Å². The largest absolute Gasteiger partial charge is 1.00 e. The summed E-state index contributed by atoms with van der Waals surface area (Å²) < 4.78 is 147. The Morgan fingerprint density at radius 3 is 1.43 bits per heavy atom. The number of amides is 2. The normalized spacial score (nSPS) is 17.5. The standard InChI is InChI=1S/C28H32F3N5O5S.C21H18ClF3N4O5S.C7H15N.CH2O3.ClH.2K.2H2S.H/c1-18-16-26(2,3)35(17-18)24-21(25(38)34-42(39,40)20-6-4-19(37)5-7-20)8-9-22(32-24)36-14-10-23(33-36)41-15-13-27(11-12-27)28(29,30)31;22-18-15(19(31)28-35(32,33)14-3-1-13(30)2-4-14)5-6-16(26-18)29-11-7-17(27-29)34-12-10-20(8-9-20)21(23,24)25;1-6-4-7(2,3)8-5-6;2-1-4-3;;;;;;/h4-10,14,18,37H,11-13,15-17H2,1-3H3,(H,34,38);1-7,11,30H,8-10,12H2,(H,28,31);6,8H,4-5H2,1-3H3;1,3H;1H;;;2*1H2;/q;;;;;2*+1;;;-1/p-1/t18-;;6-;;;;;;;/m0.0......./s1. The van der Waals surface area contributed by atoms with E-state index >= 15 is 0 Å². The number of sulfonamides is 2. The molecule has 2 saturated carbocycles. The van der Waals surface area contributed by atoms with Crippen LogP contribution in [0.1, 0.15) is 115 Å². The number of aromatic hydroxyl groups is 2. The quantitative estimate of drug-likeness (QED) is 0.0206. The fraction of sp³-hybridized carbons (Fsp3) is 0.456. The number of anilines is 1. The molecule has 4 aromatic heterocycles. The number of pyridine rings is 2. The van der Waals surface area contributed by atoms with Crippen LogP contribution >= 0.6 is 51.0 Å². The van der Waals surface area contributed by atoms with E-state index in [1.807, 2.05) is 23.5 Å². The molecule has 2 amide bonds. The third-order valence-electron chi connectivity index (χ3n) is 15.3. The molecule has 2 aromatic carbocycles. The zero-order chi connectivity index (χ0) is 65.5. The predicted molar refractivity (Wildman–Crippen MR) is 336 cm³/mol. The molecule has 2 aliphatic heterocycles. The molecule has 6 aromatic rings. The maximum atomic E-state index is 13.4. The fourth-order valence-electron chi connectivity index (χ4n) is 10.2. The van der Waals surface area contributed by atoms with Crippen molar-refractivity contribution >= 4 is 95.2 Å². The number of phenolic OH excluding ortho intramolecular Hbond substituents is 2. The van der Waals surface area contributed by atoms with Crippen molar-refractivity contribution in [3.8, 4) is 34.9 Å². The second-order valence-electron chi connectivity index (χ2n) is 23.4. The van der Waals surface area contributed by atoms with Gasteiger partial charge in [0.15, 0.2) is 11.6 Å². The van der Waals surface area contributed by atoms with Crippen LogP contribution in [0, 0.1) is 22.7 Å². The van der Waals surface area contributed by atoms with Gasteiger partial charge in [-0.05, 0) is 170 Å². The molecular weight excluding hydrogens is 1420 g/mol. The van der Waals surface area contributed by atoms with Crippen molar-refractivity contribution in [2.45, 2.75) is 126 Å². The van der Waals surface area contributed by atoms with Crippen LogP contribution in [0.2, 0.25) is 5.15 Å². The van der Waals surface area contributed by atoms with Crippen LogP contribution in [0.25, 0.3) is 11.6 Å². The molecule has 23 nitrogen and oxygen atoms in total. The van der Waals surface area contributed by atoms with Crippen molar-refractivity contribution in [2.75, 3.05) is 31.2 Å². The van der Waals surface area contributed by atoms with Gasteiger partial charge in [-0.3, -0.25) is 14.4 Å². The Morgan fingerprint density at radius 2 is 1.10 bits per heavy atom. The van der Waals surface area contributed by atoms with Gasteiger partial charge in [0, 0.05) is 42.1 Å². The van der Waals surface area contributed by atoms with E-state index in [4.69, 9.17) is 36.1 Å². The van der Waals surface area contributed by atoms with Crippen molar-refractivity contribution < 1.29 is 192 Å². The second-order valence-corrected chi connectivity index (χ2v) is 27.1. The molecule has 510 valence electrons. The maximum absolute atomic E-state index is 13.4. The SMILES string of the molecule is C[C@@H]1CN(c2nc(-n3ccc(OCCC4(C(F)(F)F)CC4)n3)ccc2C(=O)NS(=O)(=O)c2ccc(O)cc2)C(C)(C)C1.C[C@@H]1CNC(C)(C)C1.Cl.O=C(NS(=O)(=O)c1ccc(O)cc1)c1ccc(-n2ccc(OCCC3(C(F)(F)F)CC3)n2)nc1Cl.O=CO[O-].S.S.[H-].[K+].[K+]. The Balaban J connectivity index is 0.000000772. The molecule has 0 radical (unpaired) electrons. The van der Waals surface area contributed by atoms with Gasteiger partial charge in [-0.2, -0.15) is 53.3 Å². The molecule has 2 aliphatic carbocycles. The molecule has 0 unspecified atom stereocenters. The number of aromatic nitrogens is 6. The van der Waals surface area contributed by atoms with Crippen LogP contribution in [-0.2, 0) is 29.7 Å². The Morgan fingerprint density at radius 1 is 0.691 bits per heavy atom. The summed E-state index contributed by atoms with van der Waals surface area (Å²) in [4.78, 5) is 47.3. The van der Waals surface area contributed by atoms with E-state index in [9.17, 15) is 63.0 Å². The second kappa shape index (κ2) is 35.5. The number of rotatable bonds is 18. The number of halogens is 8. The number of nitrogens with zero attached hydrogens (tertiary/aromatic N) is 7. The third-order valence-corrected chi connectivity index (χ3v) is 18.2. The number of nitrogens with one attached hydrogen (secondary N) is 3. The Hall–Kier alpha value is -3.48. The van der Waals surface area contributed by atoms with Crippen molar-refractivity contribution in [3.05, 3.63) is 114 Å². The van der Waals surface area contributed by atoms with E-state index in [1.165, 1.54) is 89.2 Å². The number of hydrogen-bond acceptors (Lipinski definition) is 19. The number of phenols is 2. The van der Waals surface area contributed by atoms with Crippen LogP contribution in [-0.4, -0.2) is 125 Å². The molecule has 2 saturated heterocycles. The topological polar surface area (TPSA) is 311 Å². The van der Waals surface area contributed by atoms with E-state index in [0.717, 1.165) is 36.6 Å². The zero-order valence-electron chi connectivity index (χ0n) is 53.3. The Labute approximate surface area is 651 Å². The van der Waals surface area contributed by atoms with Crippen LogP contribution in [0.4, 0.5) is 32.2 Å². The van der Waals surface area contributed by atoms with Gasteiger partial charge >= 0.3 is 115 Å². The monoisotopic (exact) mass is 1490 g/mol. The molecule has 4 aliphatic rings. The predicted octanol–water partition coefficient (Wildman–Crippen LogP) is 3.28. The van der Waals surface area contributed by atoms with Gasteiger partial charge < -0.3 is 41.5 Å². The zero-order valence-corrected chi connectivity index (χ0v) is 63.8. The van der Waals surface area contributed by atoms with E-state index in [0.29, 0.717) is 17.9 Å². The van der Waals surface area contributed by atoms with Gasteiger partial charge in [-0.1, -0.05) is 25.4 Å². The molecule has 4 fully saturated rings. The van der Waals surface area contributed by atoms with Crippen molar-refractivity contribution in [1.82, 2.24) is 44.3 Å². The van der Waals surface area contributed by atoms with Crippen LogP contribution < -0.4 is 137 Å². The first-order valence-corrected chi connectivity index (χ1v) is 31.0. The summed E-state index contributed by atoms with van der Waals surface area (Å²) in [7, 11) is -8.47. The van der Waals surface area contributed by atoms with Crippen molar-refractivity contribution in [3.63, 3.8) is 0 Å². The van der Waals surface area contributed by atoms with E-state index in [2.05, 4.69) is 57.8 Å². The maximum Gasteiger partial charge on any atom is 1.00 e. The molecule has 6 heterocycles. The summed E-state index contributed by atoms with van der Waals surface area (Å²) in [5.41, 5.74) is -3.50. The summed E-state index contributed by atoms with van der Waals surface area (Å²) >= 11 is 6.08. The molecule has 0 spiro atoms. The number of hydrogen-bond donors (Lipinski definition) is 5. The summed E-state index contributed by atoms with van der Waals surface area (Å²) in [5.74, 6) is -0.0513. The van der Waals surface area contributed by atoms with Gasteiger partial charge in [0.25, 0.3) is 38.3 Å². The molecule has 0 bridgehead atoms. The summed E-state index contributed by atoms with van der Waals surface area (Å²) in [5, 5.41) is 38.7. The molecule has 5 N–H and O–H groups in total. The third kappa shape index (κ3) is 23.0. The van der Waals surface area contributed by atoms with E-state index in [-0.39, 0.29) is 269 Å². The van der Waals surface area contributed by atoms with Gasteiger partial charge in [0.1, 0.15) is 22.5 Å². The fourth-order valence-corrected chi connectivity index (χ4v) is 12.4. The summed E-state index contributed by atoms with van der Waals surface area (Å²) in [6, 6.07) is 17.9. The van der Waals surface area contributed by atoms with E-state index in [1.54, 1.807) is 6.20 Å². The molecular formula is C57H72Cl2F6K2N10O13S4. The molecule has 10 rings (SSSR count). The number of ether oxygens (including phenoxy) is 2. The van der Waals surface area contributed by atoms with Crippen molar-refractivity contribution in [2.24, 2.45) is 22.7 Å². The van der Waals surface area contributed by atoms with Crippen LogP contribution in [0.3, 0.4) is 0 Å². The minimum absolute atomic E-state index is 0. The Bertz CT molecular complexity index is 3730. The van der Waals surface area contributed by atoms with Gasteiger partial charge in [0.05, 0.1) is 45.0 Å². The van der Waals surface area contributed by atoms with E-state index < -0.39 is 60.6 Å². The number of carbonyl (C=O) groups is 3. The Kier molecular flexibility index (Phi) is 32.7. The minimum Gasteiger partial charge on any atom is -1.00 e. The average molecular weight is 1500 g/mol. The first-order valence-electron chi connectivity index (χ1n) is 27.7. The molecule has 94 heavy (non-hydrogen) atoms. The molecule has 37 heteroatoms. The average Bonchev–Trinajstić information content (AvgIpc) is 1.60. The number of carbonyl (C=O) groups excluding carboxylic acids is 3. The smallest absolute Gasteiger partial charge is 1.00 e. The first-order chi connectivity index (χ1) is 41.5.